The number of carbonyl (C=O) groups is 2. The van der Waals surface area contributed by atoms with E-state index in [1.165, 1.54) is 11.9 Å². The van der Waals surface area contributed by atoms with E-state index in [9.17, 15) is 9.59 Å². The van der Waals surface area contributed by atoms with Gasteiger partial charge in [0.15, 0.2) is 0 Å². The van der Waals surface area contributed by atoms with Gasteiger partial charge >= 0.3 is 5.97 Å². The zero-order chi connectivity index (χ0) is 12.8. The number of aliphatic carboxylic acids is 1. The molecule has 1 atom stereocenters. The highest BCUT2D eigenvalue weighted by molar-refractivity contribution is 5.84. The number of carboxylic acids is 1. The molecule has 0 heterocycles. The maximum Gasteiger partial charge on any atom is 0.326 e. The molecule has 1 unspecified atom stereocenters. The molecule has 0 aliphatic heterocycles. The molecule has 5 nitrogen and oxygen atoms in total. The average molecular weight is 236 g/mol. The first kappa shape index (κ1) is 13.2. The van der Waals surface area contributed by atoms with Gasteiger partial charge in [0.2, 0.25) is 5.91 Å². The normalized spacial score (nSPS) is 11.9. The highest BCUT2D eigenvalue weighted by Gasteiger charge is 2.25. The van der Waals surface area contributed by atoms with Gasteiger partial charge in [-0.25, -0.2) is 4.79 Å². The van der Waals surface area contributed by atoms with Gasteiger partial charge in [0.25, 0.3) is 0 Å². The lowest BCUT2D eigenvalue weighted by molar-refractivity contribution is -0.148. The molecule has 0 radical (unpaired) electrons. The van der Waals surface area contributed by atoms with E-state index in [2.05, 4.69) is 0 Å². The standard InChI is InChI=1S/C12H16N2O3/c1-14(11(15)8-13)10(12(16)17)7-9-5-3-2-4-6-9/h2-6,10H,7-8,13H2,1H3,(H,16,17). The Bertz CT molecular complexity index is 392. The molecule has 0 spiro atoms. The summed E-state index contributed by atoms with van der Waals surface area (Å²) >= 11 is 0. The Kier molecular flexibility index (Phi) is 4.66. The van der Waals surface area contributed by atoms with Gasteiger partial charge in [0.05, 0.1) is 6.54 Å². The van der Waals surface area contributed by atoms with Crippen LogP contribution in [0.4, 0.5) is 0 Å². The maximum absolute atomic E-state index is 11.4. The first-order chi connectivity index (χ1) is 8.06. The predicted octanol–water partition coefficient (Wildman–Crippen LogP) is 0.0994. The van der Waals surface area contributed by atoms with Crippen LogP contribution in [-0.4, -0.2) is 41.5 Å². The molecule has 3 N–H and O–H groups in total. The third-order valence-electron chi connectivity index (χ3n) is 2.59. The molecule has 0 bridgehead atoms. The zero-order valence-electron chi connectivity index (χ0n) is 9.67. The van der Waals surface area contributed by atoms with Gasteiger partial charge in [-0.05, 0) is 5.56 Å². The van der Waals surface area contributed by atoms with E-state index < -0.39 is 12.0 Å². The van der Waals surface area contributed by atoms with Gasteiger partial charge in [0, 0.05) is 13.5 Å². The zero-order valence-corrected chi connectivity index (χ0v) is 9.67. The van der Waals surface area contributed by atoms with Crippen LogP contribution in [0.1, 0.15) is 5.56 Å². The Morgan fingerprint density at radius 2 is 1.94 bits per heavy atom. The van der Waals surface area contributed by atoms with Gasteiger partial charge in [-0.15, -0.1) is 0 Å². The topological polar surface area (TPSA) is 83.6 Å². The van der Waals surface area contributed by atoms with Crippen LogP contribution in [0.3, 0.4) is 0 Å². The van der Waals surface area contributed by atoms with Crippen molar-refractivity contribution in [3.63, 3.8) is 0 Å². The molecule has 5 heteroatoms. The fraction of sp³-hybridized carbons (Fsp3) is 0.333. The van der Waals surface area contributed by atoms with Gasteiger partial charge in [-0.1, -0.05) is 30.3 Å². The number of amides is 1. The third-order valence-corrected chi connectivity index (χ3v) is 2.59. The molecule has 1 rings (SSSR count). The Morgan fingerprint density at radius 3 is 2.41 bits per heavy atom. The van der Waals surface area contributed by atoms with E-state index in [0.717, 1.165) is 5.56 Å². The summed E-state index contributed by atoms with van der Waals surface area (Å²) in [5.74, 6) is -1.41. The summed E-state index contributed by atoms with van der Waals surface area (Å²) < 4.78 is 0. The Hall–Kier alpha value is -1.88. The summed E-state index contributed by atoms with van der Waals surface area (Å²) in [6, 6.07) is 8.30. The van der Waals surface area contributed by atoms with Gasteiger partial charge in [0.1, 0.15) is 6.04 Å². The molecule has 92 valence electrons. The highest BCUT2D eigenvalue weighted by atomic mass is 16.4. The number of hydrogen-bond acceptors (Lipinski definition) is 3. The third kappa shape index (κ3) is 3.57. The quantitative estimate of drug-likeness (QED) is 0.759. The molecule has 0 fully saturated rings. The van der Waals surface area contributed by atoms with E-state index in [1.54, 1.807) is 0 Å². The fourth-order valence-electron chi connectivity index (χ4n) is 1.55. The summed E-state index contributed by atoms with van der Waals surface area (Å²) in [5, 5.41) is 9.11. The largest absolute Gasteiger partial charge is 0.480 e. The minimum absolute atomic E-state index is 0.185. The number of carboxylic acid groups (broad SMARTS) is 1. The number of carbonyl (C=O) groups excluding carboxylic acids is 1. The van der Waals surface area contributed by atoms with Crippen molar-refractivity contribution < 1.29 is 14.7 Å². The number of likely N-dealkylation sites (N-methyl/N-ethyl adjacent to an activating group) is 1. The fourth-order valence-corrected chi connectivity index (χ4v) is 1.55. The van der Waals surface area contributed by atoms with Crippen LogP contribution < -0.4 is 5.73 Å². The van der Waals surface area contributed by atoms with Gasteiger partial charge in [-0.3, -0.25) is 4.79 Å². The van der Waals surface area contributed by atoms with E-state index >= 15 is 0 Å². The molecule has 0 aliphatic rings. The van der Waals surface area contributed by atoms with Crippen LogP contribution in [0.25, 0.3) is 0 Å². The summed E-state index contributed by atoms with van der Waals surface area (Å²) in [6.07, 6.45) is 0.276. The van der Waals surface area contributed by atoms with Gasteiger partial charge in [-0.2, -0.15) is 0 Å². The van der Waals surface area contributed by atoms with Crippen molar-refractivity contribution in [2.75, 3.05) is 13.6 Å². The number of benzene rings is 1. The monoisotopic (exact) mass is 236 g/mol. The summed E-state index contributed by atoms with van der Waals surface area (Å²) in [7, 11) is 1.46. The van der Waals surface area contributed by atoms with E-state index in [4.69, 9.17) is 10.8 Å². The summed E-state index contributed by atoms with van der Waals surface area (Å²) in [5.41, 5.74) is 6.09. The smallest absolute Gasteiger partial charge is 0.326 e. The number of nitrogens with zero attached hydrogens (tertiary/aromatic N) is 1. The van der Waals surface area contributed by atoms with Crippen molar-refractivity contribution in [2.24, 2.45) is 5.73 Å². The first-order valence-corrected chi connectivity index (χ1v) is 5.28. The van der Waals surface area contributed by atoms with Crippen LogP contribution in [0.5, 0.6) is 0 Å². The second-order valence-electron chi connectivity index (χ2n) is 3.75. The number of rotatable bonds is 5. The molecule has 0 saturated carbocycles. The van der Waals surface area contributed by atoms with Gasteiger partial charge < -0.3 is 15.7 Å². The lowest BCUT2D eigenvalue weighted by Crippen LogP contribution is -2.46. The second-order valence-corrected chi connectivity index (χ2v) is 3.75. The first-order valence-electron chi connectivity index (χ1n) is 5.28. The summed E-state index contributed by atoms with van der Waals surface area (Å²) in [6.45, 7) is -0.185. The molecular weight excluding hydrogens is 220 g/mol. The van der Waals surface area contributed by atoms with Crippen molar-refractivity contribution in [3.8, 4) is 0 Å². The minimum atomic E-state index is -1.03. The molecule has 17 heavy (non-hydrogen) atoms. The van der Waals surface area contributed by atoms with Crippen molar-refractivity contribution in [1.82, 2.24) is 4.90 Å². The average Bonchev–Trinajstić information content (AvgIpc) is 2.35. The number of nitrogens with two attached hydrogens (primary N) is 1. The van der Waals surface area contributed by atoms with Crippen molar-refractivity contribution in [3.05, 3.63) is 35.9 Å². The van der Waals surface area contributed by atoms with Crippen LogP contribution in [-0.2, 0) is 16.0 Å². The summed E-state index contributed by atoms with van der Waals surface area (Å²) in [4.78, 5) is 23.7. The Balaban J connectivity index is 2.81. The molecule has 1 aromatic rings. The van der Waals surface area contributed by atoms with Crippen LogP contribution in [0.2, 0.25) is 0 Å². The van der Waals surface area contributed by atoms with Crippen molar-refractivity contribution in [2.45, 2.75) is 12.5 Å². The molecule has 0 saturated heterocycles. The minimum Gasteiger partial charge on any atom is -0.480 e. The highest BCUT2D eigenvalue weighted by Crippen LogP contribution is 2.08. The Labute approximate surface area is 99.8 Å². The maximum atomic E-state index is 11.4. The van der Waals surface area contributed by atoms with E-state index in [-0.39, 0.29) is 18.9 Å². The lowest BCUT2D eigenvalue weighted by atomic mass is 10.1. The second kappa shape index (κ2) is 6.00. The van der Waals surface area contributed by atoms with Crippen LogP contribution in [0, 0.1) is 0 Å². The van der Waals surface area contributed by atoms with E-state index in [0.29, 0.717) is 0 Å². The molecule has 1 amide bonds. The molecule has 0 aliphatic carbocycles. The van der Waals surface area contributed by atoms with Crippen molar-refractivity contribution in [1.29, 1.82) is 0 Å². The molecular formula is C12H16N2O3. The molecule has 0 aromatic heterocycles. The van der Waals surface area contributed by atoms with Crippen molar-refractivity contribution >= 4 is 11.9 Å². The SMILES string of the molecule is CN(C(=O)CN)C(Cc1ccccc1)C(=O)O. The molecule has 1 aromatic carbocycles. The van der Waals surface area contributed by atoms with E-state index in [1.807, 2.05) is 30.3 Å². The Morgan fingerprint density at radius 1 is 1.35 bits per heavy atom. The lowest BCUT2D eigenvalue weighted by Gasteiger charge is -2.24. The number of hydrogen-bond donors (Lipinski definition) is 2. The van der Waals surface area contributed by atoms with Crippen LogP contribution >= 0.6 is 0 Å². The predicted molar refractivity (Wildman–Crippen MR) is 63.4 cm³/mol. The van der Waals surface area contributed by atoms with Crippen LogP contribution in [0.15, 0.2) is 30.3 Å².